The van der Waals surface area contributed by atoms with E-state index >= 15 is 0 Å². The molecule has 1 atom stereocenters. The zero-order valence-electron chi connectivity index (χ0n) is 16.9. The quantitative estimate of drug-likeness (QED) is 0.215. The summed E-state index contributed by atoms with van der Waals surface area (Å²) in [6.07, 6.45) is 0.0438. The maximum absolute atomic E-state index is 12.7. The van der Waals surface area contributed by atoms with E-state index in [0.29, 0.717) is 39.7 Å². The fourth-order valence-electron chi connectivity index (χ4n) is 3.14. The van der Waals surface area contributed by atoms with Gasteiger partial charge in [0.2, 0.25) is 5.91 Å². The van der Waals surface area contributed by atoms with E-state index in [1.165, 1.54) is 0 Å². The number of aliphatic carboxylic acids is 1. The number of phenolic OH excluding ortho intramolecular Hbond substituents is 1. The van der Waals surface area contributed by atoms with Crippen molar-refractivity contribution in [3.63, 3.8) is 0 Å². The Kier molecular flexibility index (Phi) is 9.08. The number of halogens is 4. The lowest BCUT2D eigenvalue weighted by Gasteiger charge is -2.17. The molecule has 0 aliphatic heterocycles. The van der Waals surface area contributed by atoms with Crippen molar-refractivity contribution < 1.29 is 19.8 Å². The van der Waals surface area contributed by atoms with Gasteiger partial charge < -0.3 is 20.8 Å². The summed E-state index contributed by atoms with van der Waals surface area (Å²) in [6, 6.07) is 14.6. The molecule has 0 fully saturated rings. The molecule has 10 heteroatoms. The van der Waals surface area contributed by atoms with Crippen molar-refractivity contribution in [3.05, 3.63) is 82.9 Å². The highest BCUT2D eigenvalue weighted by molar-refractivity contribution is 14.1. The van der Waals surface area contributed by atoms with Gasteiger partial charge in [0.05, 0.1) is 29.3 Å². The first-order valence-corrected chi connectivity index (χ1v) is 12.5. The third-order valence-electron chi connectivity index (χ3n) is 4.74. The van der Waals surface area contributed by atoms with Crippen LogP contribution in [0, 0.1) is 7.14 Å². The molecule has 0 aliphatic carbocycles. The van der Waals surface area contributed by atoms with E-state index in [0.717, 1.165) is 0 Å². The van der Waals surface area contributed by atoms with E-state index in [9.17, 15) is 19.8 Å². The van der Waals surface area contributed by atoms with Gasteiger partial charge in [0, 0.05) is 12.1 Å². The summed E-state index contributed by atoms with van der Waals surface area (Å²) in [5, 5.41) is 26.2. The Labute approximate surface area is 228 Å². The predicted octanol–water partition coefficient (Wildman–Crippen LogP) is 6.01. The molecule has 3 aromatic carbocycles. The molecule has 33 heavy (non-hydrogen) atoms. The molecule has 4 N–H and O–H groups in total. The molecule has 3 rings (SSSR count). The van der Waals surface area contributed by atoms with E-state index in [-0.39, 0.29) is 18.6 Å². The van der Waals surface area contributed by atoms with Crippen LogP contribution in [0.2, 0.25) is 10.0 Å². The van der Waals surface area contributed by atoms with Gasteiger partial charge in [-0.05, 0) is 86.6 Å². The van der Waals surface area contributed by atoms with Crippen molar-refractivity contribution >= 4 is 91.6 Å². The van der Waals surface area contributed by atoms with Crippen LogP contribution >= 0.6 is 68.4 Å². The molecule has 172 valence electrons. The second kappa shape index (κ2) is 11.6. The van der Waals surface area contributed by atoms with Gasteiger partial charge in [0.1, 0.15) is 11.8 Å². The number of benzene rings is 3. The molecule has 0 saturated heterocycles. The number of carbonyl (C=O) groups excluding carboxylic acids is 1. The minimum absolute atomic E-state index is 0.0420. The Morgan fingerprint density at radius 1 is 0.970 bits per heavy atom. The van der Waals surface area contributed by atoms with Crippen LogP contribution in [-0.4, -0.2) is 28.1 Å². The summed E-state index contributed by atoms with van der Waals surface area (Å²) in [4.78, 5) is 24.5. The number of aromatic hydroxyl groups is 1. The first-order chi connectivity index (χ1) is 15.7. The summed E-state index contributed by atoms with van der Waals surface area (Å²) < 4.78 is 1.23. The number of carbonyl (C=O) groups is 2. The van der Waals surface area contributed by atoms with Crippen molar-refractivity contribution in [1.82, 2.24) is 5.32 Å². The molecule has 0 bridgehead atoms. The molecule has 3 aromatic rings. The van der Waals surface area contributed by atoms with Gasteiger partial charge in [-0.1, -0.05) is 47.5 Å². The lowest BCUT2D eigenvalue weighted by Crippen LogP contribution is -2.43. The van der Waals surface area contributed by atoms with Crippen LogP contribution in [0.1, 0.15) is 11.1 Å². The van der Waals surface area contributed by atoms with Gasteiger partial charge >= 0.3 is 5.97 Å². The number of rotatable bonds is 8. The second-order valence-corrected chi connectivity index (χ2v) is 10.3. The van der Waals surface area contributed by atoms with Crippen LogP contribution in [0.3, 0.4) is 0 Å². The first-order valence-electron chi connectivity index (χ1n) is 9.63. The summed E-state index contributed by atoms with van der Waals surface area (Å²) in [6.45, 7) is 0. The highest BCUT2D eigenvalue weighted by atomic mass is 127. The minimum atomic E-state index is -1.14. The average Bonchev–Trinajstić information content (AvgIpc) is 2.75. The normalized spacial score (nSPS) is 11.6. The summed E-state index contributed by atoms with van der Waals surface area (Å²) in [7, 11) is 0. The predicted molar refractivity (Wildman–Crippen MR) is 147 cm³/mol. The SMILES string of the molecule is O=C(Cc1ccccc1Nc1c(Cl)cccc1Cl)NC(Cc1cc(I)c(O)c(I)c1)C(=O)O. The molecule has 1 unspecified atom stereocenters. The monoisotopic (exact) mass is 710 g/mol. The fraction of sp³-hybridized carbons (Fsp3) is 0.130. The van der Waals surface area contributed by atoms with Gasteiger partial charge in [-0.15, -0.1) is 0 Å². The van der Waals surface area contributed by atoms with E-state index in [1.807, 2.05) is 51.2 Å². The van der Waals surface area contributed by atoms with Crippen LogP contribution in [0.4, 0.5) is 11.4 Å². The topological polar surface area (TPSA) is 98.7 Å². The van der Waals surface area contributed by atoms with Crippen molar-refractivity contribution in [2.45, 2.75) is 18.9 Å². The lowest BCUT2D eigenvalue weighted by molar-refractivity contribution is -0.141. The van der Waals surface area contributed by atoms with E-state index in [1.54, 1.807) is 48.5 Å². The number of hydrogen-bond acceptors (Lipinski definition) is 4. The van der Waals surface area contributed by atoms with Gasteiger partial charge in [0.25, 0.3) is 0 Å². The Bertz CT molecular complexity index is 1160. The average molecular weight is 711 g/mol. The van der Waals surface area contributed by atoms with Crippen molar-refractivity contribution in [3.8, 4) is 5.75 Å². The molecule has 0 heterocycles. The van der Waals surface area contributed by atoms with Gasteiger partial charge in [-0.3, -0.25) is 4.79 Å². The molecule has 0 spiro atoms. The van der Waals surface area contributed by atoms with Crippen LogP contribution < -0.4 is 10.6 Å². The molecule has 6 nitrogen and oxygen atoms in total. The minimum Gasteiger partial charge on any atom is -0.506 e. The number of carboxylic acid groups (broad SMARTS) is 1. The number of carboxylic acids is 1. The van der Waals surface area contributed by atoms with Crippen molar-refractivity contribution in [2.75, 3.05) is 5.32 Å². The number of nitrogens with one attached hydrogen (secondary N) is 2. The second-order valence-electron chi connectivity index (χ2n) is 7.13. The van der Waals surface area contributed by atoms with Crippen molar-refractivity contribution in [2.24, 2.45) is 0 Å². The Morgan fingerprint density at radius 2 is 1.58 bits per heavy atom. The Morgan fingerprint density at radius 3 is 2.18 bits per heavy atom. The number of hydrogen-bond donors (Lipinski definition) is 4. The van der Waals surface area contributed by atoms with Gasteiger partial charge in [0.15, 0.2) is 0 Å². The van der Waals surface area contributed by atoms with E-state index < -0.39 is 17.9 Å². The number of para-hydroxylation sites is 2. The Balaban J connectivity index is 1.75. The van der Waals surface area contributed by atoms with E-state index in [4.69, 9.17) is 23.2 Å². The summed E-state index contributed by atoms with van der Waals surface area (Å²) in [5.41, 5.74) is 2.51. The largest absolute Gasteiger partial charge is 0.506 e. The van der Waals surface area contributed by atoms with E-state index in [2.05, 4.69) is 10.6 Å². The van der Waals surface area contributed by atoms with Crippen LogP contribution in [0.25, 0.3) is 0 Å². The maximum atomic E-state index is 12.7. The zero-order chi connectivity index (χ0) is 24.1. The summed E-state index contributed by atoms with van der Waals surface area (Å²) >= 11 is 16.4. The molecule has 0 aromatic heterocycles. The van der Waals surface area contributed by atoms with Crippen LogP contribution in [-0.2, 0) is 22.4 Å². The number of anilines is 2. The number of amides is 1. The van der Waals surface area contributed by atoms with Crippen LogP contribution in [0.15, 0.2) is 54.6 Å². The van der Waals surface area contributed by atoms with Gasteiger partial charge in [-0.25, -0.2) is 4.79 Å². The zero-order valence-corrected chi connectivity index (χ0v) is 22.7. The molecule has 0 saturated carbocycles. The molecule has 0 aliphatic rings. The third-order valence-corrected chi connectivity index (χ3v) is 7.02. The number of phenols is 1. The highest BCUT2D eigenvalue weighted by Crippen LogP contribution is 2.33. The third kappa shape index (κ3) is 6.87. The first kappa shape index (κ1) is 25.9. The smallest absolute Gasteiger partial charge is 0.326 e. The molecule has 0 radical (unpaired) electrons. The van der Waals surface area contributed by atoms with Gasteiger partial charge in [-0.2, -0.15) is 0 Å². The lowest BCUT2D eigenvalue weighted by atomic mass is 10.0. The Hall–Kier alpha value is -1.76. The fourth-order valence-corrected chi connectivity index (χ4v) is 5.53. The molecule has 1 amide bonds. The standard InChI is InChI=1S/C23H18Cl2I2N2O4/c24-14-5-3-6-15(25)21(14)29-18-7-2-1-4-13(18)11-20(30)28-19(23(32)33)10-12-8-16(26)22(31)17(27)9-12/h1-9,19,29,31H,10-11H2,(H,28,30)(H,32,33). The highest BCUT2D eigenvalue weighted by Gasteiger charge is 2.22. The molecular weight excluding hydrogens is 693 g/mol. The maximum Gasteiger partial charge on any atom is 0.326 e. The van der Waals surface area contributed by atoms with Crippen LogP contribution in [0.5, 0.6) is 5.75 Å². The molecular formula is C23H18Cl2I2N2O4. The summed E-state index contributed by atoms with van der Waals surface area (Å²) in [5.74, 6) is -1.43. The van der Waals surface area contributed by atoms with Crippen molar-refractivity contribution in [1.29, 1.82) is 0 Å².